The molecule has 2 aromatic rings. The fourth-order valence-corrected chi connectivity index (χ4v) is 3.62. The van der Waals surface area contributed by atoms with Crippen LogP contribution >= 0.6 is 36.2 Å². The molecule has 1 aromatic carbocycles. The van der Waals surface area contributed by atoms with Gasteiger partial charge in [0.25, 0.3) is 0 Å². The van der Waals surface area contributed by atoms with Crippen molar-refractivity contribution in [3.05, 3.63) is 29.3 Å². The summed E-state index contributed by atoms with van der Waals surface area (Å²) in [6, 6.07) is 8.04. The molecule has 23 heavy (non-hydrogen) atoms. The van der Waals surface area contributed by atoms with Crippen LogP contribution in [0.3, 0.4) is 0 Å². The molecule has 130 valence electrons. The lowest BCUT2D eigenvalue weighted by molar-refractivity contribution is -0.141. The number of thiazole rings is 1. The maximum absolute atomic E-state index is 12.7. The average Bonchev–Trinajstić information content (AvgIpc) is 2.91. The second-order valence-corrected chi connectivity index (χ2v) is 6.54. The normalized spacial score (nSPS) is 10.8. The molecule has 0 radical (unpaired) electrons. The van der Waals surface area contributed by atoms with Gasteiger partial charge in [0.1, 0.15) is 5.01 Å². The smallest absolute Gasteiger partial charge is 0.230 e. The third-order valence-corrected chi connectivity index (χ3v) is 5.28. The second-order valence-electron chi connectivity index (χ2n) is 5.43. The Morgan fingerprint density at radius 3 is 2.39 bits per heavy atom. The Labute approximate surface area is 154 Å². The molecule has 0 saturated heterocycles. The first-order valence-electron chi connectivity index (χ1n) is 7.36. The standard InChI is InChI=1S/C16H23N3OS.2ClH/c1-4-16(5-2,11-17)15(20)19(3)10-14-18-12-8-6-7-9-13(12)21-14;;/h6-9H,4-5,10-11,17H2,1-3H3;2*1H. The van der Waals surface area contributed by atoms with Crippen molar-refractivity contribution >= 4 is 52.3 Å². The summed E-state index contributed by atoms with van der Waals surface area (Å²) in [5.74, 6) is 0.120. The van der Waals surface area contributed by atoms with Crippen molar-refractivity contribution < 1.29 is 4.79 Å². The predicted molar refractivity (Wildman–Crippen MR) is 103 cm³/mol. The number of halogens is 2. The molecule has 4 nitrogen and oxygen atoms in total. The number of para-hydroxylation sites is 1. The summed E-state index contributed by atoms with van der Waals surface area (Å²) < 4.78 is 1.16. The minimum atomic E-state index is -0.439. The van der Waals surface area contributed by atoms with Gasteiger partial charge in [0.05, 0.1) is 22.2 Å². The summed E-state index contributed by atoms with van der Waals surface area (Å²) in [5, 5.41) is 0.963. The molecule has 0 aliphatic carbocycles. The van der Waals surface area contributed by atoms with E-state index >= 15 is 0 Å². The predicted octanol–water partition coefficient (Wildman–Crippen LogP) is 3.86. The van der Waals surface area contributed by atoms with Crippen LogP contribution in [0.25, 0.3) is 10.2 Å². The van der Waals surface area contributed by atoms with Crippen LogP contribution in [0.15, 0.2) is 24.3 Å². The molecule has 0 fully saturated rings. The van der Waals surface area contributed by atoms with Gasteiger partial charge in [-0.25, -0.2) is 4.98 Å². The lowest BCUT2D eigenvalue weighted by Crippen LogP contribution is -2.45. The number of benzene rings is 1. The van der Waals surface area contributed by atoms with Gasteiger partial charge < -0.3 is 10.6 Å². The zero-order chi connectivity index (χ0) is 15.5. The average molecular weight is 378 g/mol. The lowest BCUT2D eigenvalue weighted by Gasteiger charge is -2.32. The van der Waals surface area contributed by atoms with Crippen LogP contribution in [0.1, 0.15) is 31.7 Å². The molecule has 2 N–H and O–H groups in total. The van der Waals surface area contributed by atoms with E-state index in [-0.39, 0.29) is 30.7 Å². The number of hydrogen-bond acceptors (Lipinski definition) is 4. The molecule has 0 saturated carbocycles. The molecule has 0 atom stereocenters. The third kappa shape index (κ3) is 4.57. The Morgan fingerprint density at radius 2 is 1.87 bits per heavy atom. The number of carbonyl (C=O) groups is 1. The number of nitrogens with zero attached hydrogens (tertiary/aromatic N) is 2. The van der Waals surface area contributed by atoms with Gasteiger partial charge in [0.15, 0.2) is 0 Å². The molecule has 0 aliphatic rings. The van der Waals surface area contributed by atoms with Crippen molar-refractivity contribution in [3.8, 4) is 0 Å². The summed E-state index contributed by atoms with van der Waals surface area (Å²) >= 11 is 1.64. The largest absolute Gasteiger partial charge is 0.338 e. The SMILES string of the molecule is CCC(CC)(CN)C(=O)N(C)Cc1nc2ccccc2s1.Cl.Cl. The molecule has 1 aromatic heterocycles. The molecule has 0 bridgehead atoms. The molecular weight excluding hydrogens is 353 g/mol. The van der Waals surface area contributed by atoms with Gasteiger partial charge in [-0.2, -0.15) is 0 Å². The van der Waals surface area contributed by atoms with E-state index in [0.29, 0.717) is 13.1 Å². The Morgan fingerprint density at radius 1 is 1.26 bits per heavy atom. The number of nitrogens with two attached hydrogens (primary N) is 1. The van der Waals surface area contributed by atoms with Crippen LogP contribution in [-0.4, -0.2) is 29.4 Å². The minimum absolute atomic E-state index is 0. The quantitative estimate of drug-likeness (QED) is 0.830. The van der Waals surface area contributed by atoms with E-state index in [1.165, 1.54) is 0 Å². The Kier molecular flexibility index (Phi) is 9.06. The van der Waals surface area contributed by atoms with Crippen LogP contribution in [0.2, 0.25) is 0 Å². The maximum Gasteiger partial charge on any atom is 0.230 e. The molecule has 1 amide bonds. The van der Waals surface area contributed by atoms with Gasteiger partial charge >= 0.3 is 0 Å². The Hall–Kier alpha value is -0.880. The van der Waals surface area contributed by atoms with Gasteiger partial charge in [-0.1, -0.05) is 26.0 Å². The summed E-state index contributed by atoms with van der Waals surface area (Å²) in [7, 11) is 1.84. The van der Waals surface area contributed by atoms with Crippen molar-refractivity contribution in [2.24, 2.45) is 11.1 Å². The summed E-state index contributed by atoms with van der Waals surface area (Å²) in [6.45, 7) is 4.99. The number of fused-ring (bicyclic) bond motifs is 1. The van der Waals surface area contributed by atoms with E-state index in [1.807, 2.05) is 39.1 Å². The van der Waals surface area contributed by atoms with Gasteiger partial charge in [-0.05, 0) is 25.0 Å². The van der Waals surface area contributed by atoms with E-state index in [2.05, 4.69) is 11.1 Å². The third-order valence-electron chi connectivity index (χ3n) is 4.26. The Bertz CT molecular complexity index is 587. The Balaban J connectivity index is 0.00000242. The fourth-order valence-electron chi connectivity index (χ4n) is 2.60. The minimum Gasteiger partial charge on any atom is -0.338 e. The van der Waals surface area contributed by atoms with Gasteiger partial charge in [0.2, 0.25) is 5.91 Å². The van der Waals surface area contributed by atoms with Crippen molar-refractivity contribution in [1.82, 2.24) is 9.88 Å². The van der Waals surface area contributed by atoms with Crippen molar-refractivity contribution in [3.63, 3.8) is 0 Å². The fraction of sp³-hybridized carbons (Fsp3) is 0.500. The van der Waals surface area contributed by atoms with E-state index in [0.717, 1.165) is 28.1 Å². The number of aromatic nitrogens is 1. The van der Waals surface area contributed by atoms with Crippen LogP contribution in [0, 0.1) is 5.41 Å². The van der Waals surface area contributed by atoms with Crippen LogP contribution < -0.4 is 5.73 Å². The molecule has 0 unspecified atom stereocenters. The number of carbonyl (C=O) groups excluding carboxylic acids is 1. The lowest BCUT2D eigenvalue weighted by atomic mass is 9.81. The maximum atomic E-state index is 12.7. The highest BCUT2D eigenvalue weighted by atomic mass is 35.5. The van der Waals surface area contributed by atoms with Crippen molar-refractivity contribution in [2.75, 3.05) is 13.6 Å². The van der Waals surface area contributed by atoms with E-state index in [9.17, 15) is 4.79 Å². The molecule has 0 spiro atoms. The highest BCUT2D eigenvalue weighted by Gasteiger charge is 2.35. The zero-order valence-electron chi connectivity index (χ0n) is 13.7. The van der Waals surface area contributed by atoms with Crippen LogP contribution in [0.5, 0.6) is 0 Å². The molecule has 0 aliphatic heterocycles. The monoisotopic (exact) mass is 377 g/mol. The first-order valence-corrected chi connectivity index (χ1v) is 8.18. The number of hydrogen-bond donors (Lipinski definition) is 1. The molecule has 1 heterocycles. The van der Waals surface area contributed by atoms with Crippen molar-refractivity contribution in [1.29, 1.82) is 0 Å². The van der Waals surface area contributed by atoms with Gasteiger partial charge in [-0.3, -0.25) is 4.79 Å². The first-order chi connectivity index (χ1) is 10.1. The molecular formula is C16H25Cl2N3OS. The molecule has 7 heteroatoms. The van der Waals surface area contributed by atoms with Gasteiger partial charge in [0, 0.05) is 13.6 Å². The van der Waals surface area contributed by atoms with Crippen LogP contribution in [0.4, 0.5) is 0 Å². The zero-order valence-corrected chi connectivity index (χ0v) is 16.2. The molecule has 2 rings (SSSR count). The van der Waals surface area contributed by atoms with Crippen molar-refractivity contribution in [2.45, 2.75) is 33.2 Å². The summed E-state index contributed by atoms with van der Waals surface area (Å²) in [5.41, 5.74) is 6.42. The van der Waals surface area contributed by atoms with E-state index < -0.39 is 5.41 Å². The topological polar surface area (TPSA) is 59.2 Å². The number of amides is 1. The number of rotatable bonds is 6. The summed E-state index contributed by atoms with van der Waals surface area (Å²) in [4.78, 5) is 19.1. The van der Waals surface area contributed by atoms with Gasteiger partial charge in [-0.15, -0.1) is 36.2 Å². The highest BCUT2D eigenvalue weighted by Crippen LogP contribution is 2.29. The van der Waals surface area contributed by atoms with Crippen LogP contribution in [-0.2, 0) is 11.3 Å². The van der Waals surface area contributed by atoms with E-state index in [4.69, 9.17) is 5.73 Å². The second kappa shape index (κ2) is 9.42. The first kappa shape index (κ1) is 22.1. The summed E-state index contributed by atoms with van der Waals surface area (Å²) in [6.07, 6.45) is 1.53. The highest BCUT2D eigenvalue weighted by molar-refractivity contribution is 7.18. The van der Waals surface area contributed by atoms with E-state index in [1.54, 1.807) is 16.2 Å².